The van der Waals surface area contributed by atoms with E-state index in [1.54, 1.807) is 0 Å². The SMILES string of the molecule is O[PH](O)(O)N1CC1. The molecule has 4 nitrogen and oxygen atoms in total. The summed E-state index contributed by atoms with van der Waals surface area (Å²) in [4.78, 5) is 25.0. The Kier molecular flexibility index (Phi) is 1.06. The second-order valence-corrected chi connectivity index (χ2v) is 3.42. The molecule has 1 aliphatic rings. The molecule has 7 heavy (non-hydrogen) atoms. The van der Waals surface area contributed by atoms with Gasteiger partial charge in [0, 0.05) is 0 Å². The Morgan fingerprint density at radius 1 is 1.14 bits per heavy atom. The van der Waals surface area contributed by atoms with Gasteiger partial charge < -0.3 is 0 Å². The summed E-state index contributed by atoms with van der Waals surface area (Å²) in [6.45, 7) is 1.24. The molecule has 0 aliphatic carbocycles. The van der Waals surface area contributed by atoms with Crippen LogP contribution in [-0.2, 0) is 0 Å². The van der Waals surface area contributed by atoms with Crippen molar-refractivity contribution in [2.75, 3.05) is 13.1 Å². The molecule has 0 aromatic carbocycles. The second kappa shape index (κ2) is 1.37. The summed E-state index contributed by atoms with van der Waals surface area (Å²) in [7, 11) is -3.79. The topological polar surface area (TPSA) is 63.7 Å². The first-order valence-corrected chi connectivity index (χ1v) is 3.82. The van der Waals surface area contributed by atoms with E-state index >= 15 is 0 Å². The van der Waals surface area contributed by atoms with Gasteiger partial charge in [0.1, 0.15) is 0 Å². The minimum atomic E-state index is -3.79. The molecule has 0 aromatic rings. The van der Waals surface area contributed by atoms with Crippen LogP contribution in [0.2, 0.25) is 0 Å². The van der Waals surface area contributed by atoms with Crippen LogP contribution in [0.3, 0.4) is 0 Å². The van der Waals surface area contributed by atoms with Gasteiger partial charge in [0.25, 0.3) is 0 Å². The van der Waals surface area contributed by atoms with E-state index in [1.165, 1.54) is 4.67 Å². The molecular formula is C2H8NO3P. The fraction of sp³-hybridized carbons (Fsp3) is 1.00. The first kappa shape index (κ1) is 5.41. The van der Waals surface area contributed by atoms with Crippen molar-refractivity contribution in [1.82, 2.24) is 4.67 Å². The van der Waals surface area contributed by atoms with E-state index in [9.17, 15) is 0 Å². The standard InChI is InChI=1S/C2H8NO3P/c4-7(5,6)3-1-2-3/h4-7H,1-2H2. The van der Waals surface area contributed by atoms with Crippen LogP contribution < -0.4 is 0 Å². The maximum absolute atomic E-state index is 8.33. The van der Waals surface area contributed by atoms with Crippen LogP contribution in [0.5, 0.6) is 0 Å². The number of hydrogen-bond acceptors (Lipinski definition) is 4. The van der Waals surface area contributed by atoms with Crippen LogP contribution in [0, 0.1) is 0 Å². The van der Waals surface area contributed by atoms with E-state index in [4.69, 9.17) is 14.7 Å². The van der Waals surface area contributed by atoms with Crippen LogP contribution >= 0.6 is 8.09 Å². The Hall–Kier alpha value is 0.270. The van der Waals surface area contributed by atoms with Crippen molar-refractivity contribution < 1.29 is 14.7 Å². The Labute approximate surface area is 41.6 Å². The van der Waals surface area contributed by atoms with Crippen molar-refractivity contribution >= 4 is 8.09 Å². The molecule has 5 heteroatoms. The van der Waals surface area contributed by atoms with E-state index in [1.807, 2.05) is 0 Å². The Balaban J connectivity index is 2.36. The van der Waals surface area contributed by atoms with Crippen molar-refractivity contribution in [2.45, 2.75) is 0 Å². The summed E-state index contributed by atoms with van der Waals surface area (Å²) >= 11 is 0. The van der Waals surface area contributed by atoms with E-state index in [0.717, 1.165) is 0 Å². The first-order valence-electron chi connectivity index (χ1n) is 2.03. The van der Waals surface area contributed by atoms with Gasteiger partial charge in [0.15, 0.2) is 0 Å². The fourth-order valence-electron chi connectivity index (χ4n) is 0.350. The van der Waals surface area contributed by atoms with Gasteiger partial charge in [-0.05, 0) is 0 Å². The van der Waals surface area contributed by atoms with E-state index in [-0.39, 0.29) is 0 Å². The van der Waals surface area contributed by atoms with E-state index < -0.39 is 8.09 Å². The van der Waals surface area contributed by atoms with E-state index in [0.29, 0.717) is 13.1 Å². The summed E-state index contributed by atoms with van der Waals surface area (Å²) in [5.74, 6) is 0. The average molecular weight is 125 g/mol. The molecule has 1 heterocycles. The van der Waals surface area contributed by atoms with Gasteiger partial charge in [-0.1, -0.05) is 0 Å². The Morgan fingerprint density at radius 3 is 1.57 bits per heavy atom. The summed E-state index contributed by atoms with van der Waals surface area (Å²) in [5, 5.41) is 0. The van der Waals surface area contributed by atoms with Crippen LogP contribution in [0.15, 0.2) is 0 Å². The summed E-state index contributed by atoms with van der Waals surface area (Å²) in [6, 6.07) is 0. The van der Waals surface area contributed by atoms with Crippen LogP contribution in [0.4, 0.5) is 0 Å². The maximum atomic E-state index is 8.33. The van der Waals surface area contributed by atoms with Gasteiger partial charge in [0.05, 0.1) is 0 Å². The van der Waals surface area contributed by atoms with Crippen molar-refractivity contribution in [3.8, 4) is 0 Å². The van der Waals surface area contributed by atoms with Crippen LogP contribution in [0.25, 0.3) is 0 Å². The molecule has 0 atom stereocenters. The number of nitrogens with zero attached hydrogens (tertiary/aromatic N) is 1. The van der Waals surface area contributed by atoms with Gasteiger partial charge in [0.2, 0.25) is 0 Å². The molecule has 1 rings (SSSR count). The number of rotatable bonds is 1. The van der Waals surface area contributed by atoms with Crippen LogP contribution in [0.1, 0.15) is 0 Å². The first-order chi connectivity index (χ1) is 3.11. The monoisotopic (exact) mass is 125 g/mol. The zero-order valence-corrected chi connectivity index (χ0v) is 4.70. The molecule has 0 saturated carbocycles. The average Bonchev–Trinajstić information content (AvgIpc) is 1.99. The Bertz CT molecular complexity index is 75.5. The van der Waals surface area contributed by atoms with Gasteiger partial charge in [-0.15, -0.1) is 0 Å². The molecule has 0 aromatic heterocycles. The summed E-state index contributed by atoms with van der Waals surface area (Å²) in [6.07, 6.45) is 0. The quantitative estimate of drug-likeness (QED) is 0.300. The van der Waals surface area contributed by atoms with Gasteiger partial charge in [-0.2, -0.15) is 0 Å². The molecule has 1 fully saturated rings. The molecule has 0 amide bonds. The zero-order valence-electron chi connectivity index (χ0n) is 3.70. The molecule has 1 saturated heterocycles. The molecule has 44 valence electrons. The van der Waals surface area contributed by atoms with Crippen molar-refractivity contribution in [3.05, 3.63) is 0 Å². The molecule has 0 unspecified atom stereocenters. The number of hydrogen-bond donors (Lipinski definition) is 3. The molecule has 0 spiro atoms. The molecule has 0 radical (unpaired) electrons. The molecule has 0 bridgehead atoms. The van der Waals surface area contributed by atoms with Crippen molar-refractivity contribution in [3.63, 3.8) is 0 Å². The van der Waals surface area contributed by atoms with Gasteiger partial charge >= 0.3 is 40.5 Å². The summed E-state index contributed by atoms with van der Waals surface area (Å²) in [5.41, 5.74) is 0. The zero-order chi connectivity index (χ0) is 5.49. The third-order valence-electron chi connectivity index (χ3n) is 0.871. The predicted molar refractivity (Wildman–Crippen MR) is 26.5 cm³/mol. The summed E-state index contributed by atoms with van der Waals surface area (Å²) < 4.78 is 1.24. The van der Waals surface area contributed by atoms with E-state index in [2.05, 4.69) is 0 Å². The molecule has 3 N–H and O–H groups in total. The minimum absolute atomic E-state index is 0.621. The van der Waals surface area contributed by atoms with Crippen molar-refractivity contribution in [1.29, 1.82) is 0 Å². The Morgan fingerprint density at radius 2 is 1.57 bits per heavy atom. The second-order valence-electron chi connectivity index (χ2n) is 1.59. The fourth-order valence-corrected chi connectivity index (χ4v) is 1.05. The van der Waals surface area contributed by atoms with Crippen LogP contribution in [-0.4, -0.2) is 32.4 Å². The van der Waals surface area contributed by atoms with Crippen molar-refractivity contribution in [2.24, 2.45) is 0 Å². The van der Waals surface area contributed by atoms with Gasteiger partial charge in [-0.3, -0.25) is 0 Å². The normalized spacial score (nSPS) is 25.0. The molecular weight excluding hydrogens is 117 g/mol. The molecule has 1 aliphatic heterocycles. The predicted octanol–water partition coefficient (Wildman–Crippen LogP) is -1.31. The third kappa shape index (κ3) is 1.33. The van der Waals surface area contributed by atoms with Gasteiger partial charge in [-0.25, -0.2) is 0 Å². The third-order valence-corrected chi connectivity index (χ3v) is 2.17.